The van der Waals surface area contributed by atoms with Gasteiger partial charge >= 0.3 is 0 Å². The lowest BCUT2D eigenvalue weighted by Gasteiger charge is -2.07. The van der Waals surface area contributed by atoms with Crippen LogP contribution in [0.2, 0.25) is 0 Å². The third kappa shape index (κ3) is 6.90. The first-order valence-electron chi connectivity index (χ1n) is 10.7. The Balaban J connectivity index is 1.31. The number of aromatic amines is 1. The molecule has 0 fully saturated rings. The van der Waals surface area contributed by atoms with E-state index < -0.39 is 0 Å². The number of amides is 2. The van der Waals surface area contributed by atoms with Crippen molar-refractivity contribution in [1.82, 2.24) is 20.3 Å². The number of aryl methyl sites for hydroxylation is 1. The highest BCUT2D eigenvalue weighted by Gasteiger charge is 2.12. The Labute approximate surface area is 209 Å². The predicted molar refractivity (Wildman–Crippen MR) is 137 cm³/mol. The van der Waals surface area contributed by atoms with E-state index in [-0.39, 0.29) is 34.7 Å². The first-order valence-corrected chi connectivity index (χ1v) is 12.5. The summed E-state index contributed by atoms with van der Waals surface area (Å²) in [6, 6.07) is 14.6. The van der Waals surface area contributed by atoms with Gasteiger partial charge in [0, 0.05) is 12.6 Å². The van der Waals surface area contributed by atoms with Crippen molar-refractivity contribution in [1.29, 1.82) is 0 Å². The molecule has 0 bridgehead atoms. The normalized spacial score (nSPS) is 10.8. The molecule has 0 aliphatic heterocycles. The molecule has 0 unspecified atom stereocenters. The van der Waals surface area contributed by atoms with Gasteiger partial charge < -0.3 is 20.4 Å². The quantitative estimate of drug-likeness (QED) is 0.233. The van der Waals surface area contributed by atoms with Gasteiger partial charge in [0.05, 0.1) is 35.2 Å². The summed E-state index contributed by atoms with van der Waals surface area (Å²) in [5.74, 6) is 0.195. The first-order chi connectivity index (χ1) is 16.9. The molecule has 35 heavy (non-hydrogen) atoms. The van der Waals surface area contributed by atoms with E-state index in [0.717, 1.165) is 33.1 Å². The number of fused-ring (bicyclic) bond motifs is 1. The lowest BCUT2D eigenvalue weighted by molar-refractivity contribution is -0.120. The highest BCUT2D eigenvalue weighted by molar-refractivity contribution is 7.99. The van der Waals surface area contributed by atoms with Gasteiger partial charge in [0.2, 0.25) is 11.8 Å². The van der Waals surface area contributed by atoms with Crippen molar-refractivity contribution in [2.24, 2.45) is 0 Å². The molecule has 11 heteroatoms. The number of ether oxygens (including phenoxy) is 1. The summed E-state index contributed by atoms with van der Waals surface area (Å²) in [5.41, 5.74) is 2.77. The van der Waals surface area contributed by atoms with E-state index in [1.165, 1.54) is 17.4 Å². The largest absolute Gasteiger partial charge is 0.497 e. The smallest absolute Gasteiger partial charge is 0.251 e. The number of aromatic nitrogens is 3. The van der Waals surface area contributed by atoms with Crippen LogP contribution in [0.3, 0.4) is 0 Å². The summed E-state index contributed by atoms with van der Waals surface area (Å²) in [6.07, 6.45) is -0.0568. The summed E-state index contributed by atoms with van der Waals surface area (Å²) in [7, 11) is 1.58. The zero-order valence-corrected chi connectivity index (χ0v) is 20.7. The van der Waals surface area contributed by atoms with Crippen molar-refractivity contribution in [2.75, 3.05) is 18.2 Å². The molecule has 180 valence electrons. The number of H-pyrrole nitrogens is 1. The predicted octanol–water partition coefficient (Wildman–Crippen LogP) is 3.29. The Morgan fingerprint density at radius 3 is 2.80 bits per heavy atom. The highest BCUT2D eigenvalue weighted by atomic mass is 32.2. The van der Waals surface area contributed by atoms with E-state index >= 15 is 0 Å². The zero-order valence-electron chi connectivity index (χ0n) is 19.1. The Kier molecular flexibility index (Phi) is 7.78. The molecule has 2 aromatic carbocycles. The fourth-order valence-electron chi connectivity index (χ4n) is 3.23. The number of carbonyl (C=O) groups excluding carboxylic acids is 2. The van der Waals surface area contributed by atoms with Gasteiger partial charge in [-0.1, -0.05) is 41.3 Å². The second-order valence-electron chi connectivity index (χ2n) is 7.67. The molecule has 0 spiro atoms. The number of carbonyl (C=O) groups is 2. The third-order valence-corrected chi connectivity index (χ3v) is 6.68. The van der Waals surface area contributed by atoms with E-state index in [2.05, 4.69) is 25.6 Å². The maximum absolute atomic E-state index is 12.4. The second kappa shape index (κ2) is 11.2. The number of rotatable bonds is 9. The third-order valence-electron chi connectivity index (χ3n) is 4.87. The number of hydrogen-bond acceptors (Lipinski definition) is 8. The van der Waals surface area contributed by atoms with Crippen molar-refractivity contribution in [2.45, 2.75) is 25.0 Å². The van der Waals surface area contributed by atoms with Crippen LogP contribution in [-0.2, 0) is 22.6 Å². The van der Waals surface area contributed by atoms with Crippen LogP contribution in [0.1, 0.15) is 16.8 Å². The molecule has 0 aliphatic carbocycles. The van der Waals surface area contributed by atoms with E-state index in [0.29, 0.717) is 23.1 Å². The van der Waals surface area contributed by atoms with Gasteiger partial charge in [-0.15, -0.1) is 0 Å². The van der Waals surface area contributed by atoms with E-state index in [1.54, 1.807) is 7.11 Å². The number of hydrogen-bond donors (Lipinski definition) is 3. The van der Waals surface area contributed by atoms with Gasteiger partial charge in [0.15, 0.2) is 10.3 Å². The Morgan fingerprint density at radius 2 is 1.97 bits per heavy atom. The van der Waals surface area contributed by atoms with Crippen LogP contribution in [0.4, 0.5) is 5.13 Å². The molecular formula is C24H23N5O4S2. The minimum atomic E-state index is -0.389. The maximum Gasteiger partial charge on any atom is 0.251 e. The number of methoxy groups -OCH3 is 1. The molecule has 4 rings (SSSR count). The van der Waals surface area contributed by atoms with Crippen LogP contribution in [0.25, 0.3) is 10.2 Å². The van der Waals surface area contributed by atoms with Gasteiger partial charge in [-0.05, 0) is 42.3 Å². The molecule has 9 nitrogen and oxygen atoms in total. The van der Waals surface area contributed by atoms with Gasteiger partial charge in [-0.25, -0.2) is 9.97 Å². The minimum absolute atomic E-state index is 0.0311. The van der Waals surface area contributed by atoms with Crippen LogP contribution in [-0.4, -0.2) is 39.6 Å². The summed E-state index contributed by atoms with van der Waals surface area (Å²) >= 11 is 2.48. The van der Waals surface area contributed by atoms with Gasteiger partial charge in [0.25, 0.3) is 5.56 Å². The van der Waals surface area contributed by atoms with Crippen LogP contribution in [0.5, 0.6) is 5.75 Å². The number of nitrogens with one attached hydrogen (secondary N) is 3. The van der Waals surface area contributed by atoms with E-state index in [1.807, 2.05) is 49.4 Å². The SMILES string of the molecule is COc1cccc(CNC(=O)Cc2cc(=O)[nH]c(SCC(=O)Nc3nc4ccc(C)cc4s3)n2)c1. The molecule has 2 heterocycles. The number of thioether (sulfide) groups is 1. The summed E-state index contributed by atoms with van der Waals surface area (Å²) in [6.45, 7) is 2.33. The van der Waals surface area contributed by atoms with E-state index in [4.69, 9.17) is 4.74 Å². The van der Waals surface area contributed by atoms with Crippen molar-refractivity contribution < 1.29 is 14.3 Å². The zero-order chi connectivity index (χ0) is 24.8. The van der Waals surface area contributed by atoms with Crippen LogP contribution >= 0.6 is 23.1 Å². The number of benzene rings is 2. The summed E-state index contributed by atoms with van der Waals surface area (Å²) in [5, 5.41) is 6.36. The van der Waals surface area contributed by atoms with E-state index in [9.17, 15) is 14.4 Å². The lowest BCUT2D eigenvalue weighted by Crippen LogP contribution is -2.26. The number of nitrogens with zero attached hydrogens (tertiary/aromatic N) is 2. The van der Waals surface area contributed by atoms with Gasteiger partial charge in [-0.3, -0.25) is 14.4 Å². The molecule has 4 aromatic rings. The van der Waals surface area contributed by atoms with Gasteiger partial charge in [0.1, 0.15) is 5.75 Å². The lowest BCUT2D eigenvalue weighted by atomic mass is 10.2. The molecule has 0 radical (unpaired) electrons. The van der Waals surface area contributed by atoms with Crippen molar-refractivity contribution in [3.05, 3.63) is 75.7 Å². The molecule has 0 aliphatic rings. The van der Waals surface area contributed by atoms with Crippen molar-refractivity contribution >= 4 is 50.3 Å². The topological polar surface area (TPSA) is 126 Å². The standard InChI is InChI=1S/C24H23N5O4S2/c1-14-6-7-18-19(8-14)35-24(27-18)29-22(32)13-34-23-26-16(11-21(31)28-23)10-20(30)25-12-15-4-3-5-17(9-15)33-2/h3-9,11H,10,12-13H2,1-2H3,(H,25,30)(H,26,28,31)(H,27,29,32). The molecule has 0 saturated carbocycles. The van der Waals surface area contributed by atoms with Crippen LogP contribution < -0.4 is 20.9 Å². The number of thiazole rings is 1. The molecule has 0 atom stereocenters. The fourth-order valence-corrected chi connectivity index (χ4v) is 4.90. The van der Waals surface area contributed by atoms with Crippen LogP contribution in [0.15, 0.2) is 58.5 Å². The van der Waals surface area contributed by atoms with Gasteiger partial charge in [-0.2, -0.15) is 0 Å². The molecule has 0 saturated heterocycles. The average Bonchev–Trinajstić information content (AvgIpc) is 3.22. The summed E-state index contributed by atoms with van der Waals surface area (Å²) in [4.78, 5) is 48.1. The van der Waals surface area contributed by atoms with Crippen LogP contribution in [0, 0.1) is 6.92 Å². The molecule has 3 N–H and O–H groups in total. The fraction of sp³-hybridized carbons (Fsp3) is 0.208. The molecule has 2 amide bonds. The average molecular weight is 510 g/mol. The minimum Gasteiger partial charge on any atom is -0.497 e. The monoisotopic (exact) mass is 509 g/mol. The Morgan fingerprint density at radius 1 is 1.11 bits per heavy atom. The maximum atomic E-state index is 12.4. The highest BCUT2D eigenvalue weighted by Crippen LogP contribution is 2.27. The van der Waals surface area contributed by atoms with Crippen molar-refractivity contribution in [3.63, 3.8) is 0 Å². The Hall–Kier alpha value is -3.70. The number of anilines is 1. The molecule has 2 aromatic heterocycles. The molecular weight excluding hydrogens is 486 g/mol. The second-order valence-corrected chi connectivity index (χ2v) is 9.67. The Bertz CT molecular complexity index is 1430. The first kappa shape index (κ1) is 24.4. The van der Waals surface area contributed by atoms with Crippen molar-refractivity contribution in [3.8, 4) is 5.75 Å². The summed E-state index contributed by atoms with van der Waals surface area (Å²) < 4.78 is 6.18.